The van der Waals surface area contributed by atoms with Gasteiger partial charge in [0.05, 0.1) is 4.47 Å². The van der Waals surface area contributed by atoms with E-state index in [9.17, 15) is 4.79 Å². The number of hydrogen-bond acceptors (Lipinski definition) is 4. The smallest absolute Gasteiger partial charge is 0.251 e. The van der Waals surface area contributed by atoms with Gasteiger partial charge in [-0.15, -0.1) is 0 Å². The maximum atomic E-state index is 12.6. The summed E-state index contributed by atoms with van der Waals surface area (Å²) in [5.74, 6) is 1.73. The van der Waals surface area contributed by atoms with Crippen molar-refractivity contribution in [2.45, 2.75) is 12.8 Å². The van der Waals surface area contributed by atoms with Gasteiger partial charge in [0, 0.05) is 25.2 Å². The number of nitrogens with one attached hydrogen (secondary N) is 1. The summed E-state index contributed by atoms with van der Waals surface area (Å²) in [4.78, 5) is 15.1. The van der Waals surface area contributed by atoms with E-state index >= 15 is 0 Å². The Bertz CT molecular complexity index is 828. The molecule has 1 amide bonds. The van der Waals surface area contributed by atoms with E-state index in [1.807, 2.05) is 0 Å². The molecule has 2 aliphatic heterocycles. The van der Waals surface area contributed by atoms with E-state index in [2.05, 4.69) is 56.5 Å². The predicted molar refractivity (Wildman–Crippen MR) is 112 cm³/mol. The van der Waals surface area contributed by atoms with Crippen LogP contribution in [0.2, 0.25) is 0 Å². The Morgan fingerprint density at radius 1 is 1.18 bits per heavy atom. The molecule has 0 bridgehead atoms. The van der Waals surface area contributed by atoms with E-state index in [0.717, 1.165) is 36.9 Å². The zero-order chi connectivity index (χ0) is 19.3. The summed E-state index contributed by atoms with van der Waals surface area (Å²) in [6.45, 7) is 4.95. The van der Waals surface area contributed by atoms with Crippen molar-refractivity contribution < 1.29 is 14.3 Å². The molecule has 4 rings (SSSR count). The van der Waals surface area contributed by atoms with Gasteiger partial charge in [-0.3, -0.25) is 4.79 Å². The van der Waals surface area contributed by atoms with Gasteiger partial charge >= 0.3 is 0 Å². The highest BCUT2D eigenvalue weighted by Crippen LogP contribution is 2.38. The Morgan fingerprint density at radius 2 is 2.00 bits per heavy atom. The molecule has 1 fully saturated rings. The van der Waals surface area contributed by atoms with Gasteiger partial charge in [0.25, 0.3) is 5.91 Å². The third kappa shape index (κ3) is 4.67. The number of rotatable bonds is 6. The minimum Gasteiger partial charge on any atom is -0.486 e. The molecule has 1 N–H and O–H groups in total. The molecule has 28 heavy (non-hydrogen) atoms. The van der Waals surface area contributed by atoms with Crippen molar-refractivity contribution >= 4 is 21.8 Å². The summed E-state index contributed by atoms with van der Waals surface area (Å²) in [6.07, 6.45) is 2.20. The molecular formula is C22H25BrN2O3. The molecule has 2 heterocycles. The monoisotopic (exact) mass is 444 g/mol. The quantitative estimate of drug-likeness (QED) is 0.740. The minimum absolute atomic E-state index is 0.0691. The van der Waals surface area contributed by atoms with Crippen LogP contribution in [0, 0.1) is 5.92 Å². The van der Waals surface area contributed by atoms with E-state index in [4.69, 9.17) is 9.47 Å². The number of likely N-dealkylation sites (tertiary alicyclic amines) is 1. The van der Waals surface area contributed by atoms with E-state index in [1.54, 1.807) is 12.1 Å². The molecule has 1 saturated heterocycles. The van der Waals surface area contributed by atoms with Crippen LogP contribution in [-0.4, -0.2) is 50.2 Å². The fraction of sp³-hybridized carbons (Fsp3) is 0.409. The van der Waals surface area contributed by atoms with Crippen LogP contribution >= 0.6 is 15.9 Å². The maximum absolute atomic E-state index is 12.6. The normalized spacial score (nSPS) is 18.8. The Labute approximate surface area is 174 Å². The lowest BCUT2D eigenvalue weighted by molar-refractivity contribution is 0.0946. The van der Waals surface area contributed by atoms with Crippen molar-refractivity contribution in [3.63, 3.8) is 0 Å². The van der Waals surface area contributed by atoms with Gasteiger partial charge in [0.15, 0.2) is 11.5 Å². The lowest BCUT2D eigenvalue weighted by Gasteiger charge is -2.20. The lowest BCUT2D eigenvalue weighted by Crippen LogP contribution is -2.31. The second-order valence-corrected chi connectivity index (χ2v) is 8.24. The van der Waals surface area contributed by atoms with Crippen molar-refractivity contribution in [3.8, 4) is 11.5 Å². The summed E-state index contributed by atoms with van der Waals surface area (Å²) in [5.41, 5.74) is 1.97. The first-order chi connectivity index (χ1) is 13.7. The van der Waals surface area contributed by atoms with Crippen molar-refractivity contribution in [1.82, 2.24) is 10.2 Å². The number of hydrogen-bond donors (Lipinski definition) is 1. The predicted octanol–water partition coefficient (Wildman–Crippen LogP) is 3.51. The summed E-state index contributed by atoms with van der Waals surface area (Å²) in [6, 6.07) is 14.2. The zero-order valence-electron chi connectivity index (χ0n) is 15.8. The molecule has 0 aliphatic carbocycles. The number of nitrogens with zero attached hydrogens (tertiary/aromatic N) is 1. The molecule has 6 heteroatoms. The van der Waals surface area contributed by atoms with Gasteiger partial charge in [-0.05, 0) is 58.9 Å². The number of halogens is 1. The fourth-order valence-corrected chi connectivity index (χ4v) is 4.35. The maximum Gasteiger partial charge on any atom is 0.251 e. The number of amides is 1. The Morgan fingerprint density at radius 3 is 2.86 bits per heavy atom. The molecule has 2 aromatic carbocycles. The Balaban J connectivity index is 1.26. The first-order valence-corrected chi connectivity index (χ1v) is 10.6. The molecule has 2 aliphatic rings. The lowest BCUT2D eigenvalue weighted by atomic mass is 10.1. The van der Waals surface area contributed by atoms with Crippen LogP contribution in [0.3, 0.4) is 0 Å². The highest BCUT2D eigenvalue weighted by molar-refractivity contribution is 9.10. The average Bonchev–Trinajstić information content (AvgIpc) is 3.19. The molecule has 0 radical (unpaired) electrons. The van der Waals surface area contributed by atoms with E-state index in [0.29, 0.717) is 42.7 Å². The SMILES string of the molecule is O=C(NCC1CCN(CCc2ccccc2)C1)c1cc(Br)c2c(c1)OCCO2. The molecule has 5 nitrogen and oxygen atoms in total. The summed E-state index contributed by atoms with van der Waals surface area (Å²) in [7, 11) is 0. The third-order valence-corrected chi connectivity index (χ3v) is 5.93. The highest BCUT2D eigenvalue weighted by Gasteiger charge is 2.24. The van der Waals surface area contributed by atoms with Crippen LogP contribution in [-0.2, 0) is 6.42 Å². The third-order valence-electron chi connectivity index (χ3n) is 5.34. The van der Waals surface area contributed by atoms with Gasteiger partial charge in [0.1, 0.15) is 13.2 Å². The van der Waals surface area contributed by atoms with E-state index in [1.165, 1.54) is 5.56 Å². The Kier molecular flexibility index (Phi) is 6.17. The van der Waals surface area contributed by atoms with Gasteiger partial charge in [-0.2, -0.15) is 0 Å². The van der Waals surface area contributed by atoms with Gasteiger partial charge < -0.3 is 19.7 Å². The summed E-state index contributed by atoms with van der Waals surface area (Å²) < 4.78 is 11.9. The first kappa shape index (κ1) is 19.3. The summed E-state index contributed by atoms with van der Waals surface area (Å²) in [5, 5.41) is 3.09. The second-order valence-electron chi connectivity index (χ2n) is 7.38. The second kappa shape index (κ2) is 8.97. The van der Waals surface area contributed by atoms with E-state index < -0.39 is 0 Å². The van der Waals surface area contributed by atoms with Gasteiger partial charge in [-0.25, -0.2) is 0 Å². The number of ether oxygens (including phenoxy) is 2. The molecule has 1 unspecified atom stereocenters. The van der Waals surface area contributed by atoms with Crippen LogP contribution in [0.15, 0.2) is 46.9 Å². The van der Waals surface area contributed by atoms with E-state index in [-0.39, 0.29) is 5.91 Å². The van der Waals surface area contributed by atoms with Crippen molar-refractivity contribution in [2.24, 2.45) is 5.92 Å². The van der Waals surface area contributed by atoms with Crippen LogP contribution < -0.4 is 14.8 Å². The molecular weight excluding hydrogens is 420 g/mol. The van der Waals surface area contributed by atoms with Gasteiger partial charge in [-0.1, -0.05) is 30.3 Å². The van der Waals surface area contributed by atoms with Crippen LogP contribution in [0.1, 0.15) is 22.3 Å². The van der Waals surface area contributed by atoms with Crippen molar-refractivity contribution in [1.29, 1.82) is 0 Å². The van der Waals surface area contributed by atoms with Crippen LogP contribution in [0.4, 0.5) is 0 Å². The number of benzene rings is 2. The first-order valence-electron chi connectivity index (χ1n) is 9.82. The topological polar surface area (TPSA) is 50.8 Å². The molecule has 0 aromatic heterocycles. The average molecular weight is 445 g/mol. The largest absolute Gasteiger partial charge is 0.486 e. The number of carbonyl (C=O) groups is 1. The fourth-order valence-electron chi connectivity index (χ4n) is 3.80. The van der Waals surface area contributed by atoms with Crippen molar-refractivity contribution in [3.05, 3.63) is 58.1 Å². The minimum atomic E-state index is -0.0691. The molecule has 0 spiro atoms. The summed E-state index contributed by atoms with van der Waals surface area (Å²) >= 11 is 3.47. The van der Waals surface area contributed by atoms with Gasteiger partial charge in [0.2, 0.25) is 0 Å². The molecule has 1 atom stereocenters. The molecule has 0 saturated carbocycles. The van der Waals surface area contributed by atoms with Crippen LogP contribution in [0.25, 0.3) is 0 Å². The standard InChI is InChI=1S/C22H25BrN2O3/c23-19-12-18(13-20-21(19)28-11-10-27-20)22(26)24-14-17-7-9-25(15-17)8-6-16-4-2-1-3-5-16/h1-5,12-13,17H,6-11,14-15H2,(H,24,26). The highest BCUT2D eigenvalue weighted by atomic mass is 79.9. The number of fused-ring (bicyclic) bond motifs is 1. The molecule has 148 valence electrons. The zero-order valence-corrected chi connectivity index (χ0v) is 17.4. The van der Waals surface area contributed by atoms with Crippen LogP contribution in [0.5, 0.6) is 11.5 Å². The Hall–Kier alpha value is -2.05. The molecule has 2 aromatic rings. The van der Waals surface area contributed by atoms with Crippen molar-refractivity contribution in [2.75, 3.05) is 39.4 Å². The number of carbonyl (C=O) groups excluding carboxylic acids is 1.